The number of nitrogens with zero attached hydrogens (tertiary/aromatic N) is 4. The second-order valence-corrected chi connectivity index (χ2v) is 24.2. The Labute approximate surface area is 529 Å². The molecule has 13 atom stereocenters. The van der Waals surface area contributed by atoms with Gasteiger partial charge >= 0.3 is 0 Å². The number of nitrogens with one attached hydrogen (secondary N) is 6. The summed E-state index contributed by atoms with van der Waals surface area (Å²) in [6.07, 6.45) is -7.21. The van der Waals surface area contributed by atoms with E-state index in [9.17, 15) is 84.6 Å². The first-order chi connectivity index (χ1) is 43.5. The van der Waals surface area contributed by atoms with Crippen molar-refractivity contribution in [1.82, 2.24) is 51.9 Å². The van der Waals surface area contributed by atoms with Crippen LogP contribution >= 0.6 is 11.3 Å². The molecule has 0 aliphatic carbocycles. The van der Waals surface area contributed by atoms with Crippen LogP contribution in [-0.2, 0) is 39.9 Å². The molecule has 0 spiro atoms. The van der Waals surface area contributed by atoms with Gasteiger partial charge in [-0.05, 0) is 86.8 Å². The number of β-amino-alcohol motifs (C(OH)–C–C–N with tert-alkyl or cyclic N) is 1. The van der Waals surface area contributed by atoms with Crippen molar-refractivity contribution in [3.63, 3.8) is 0 Å². The van der Waals surface area contributed by atoms with Crippen LogP contribution in [0.4, 0.5) is 0 Å². The normalized spacial score (nSPS) is 24.9. The number of benzene rings is 3. The number of ether oxygens (including phenoxy) is 2. The first kappa shape index (κ1) is 71.0. The number of unbranched alkanes of at least 4 members (excludes halogenated alkanes) is 4. The minimum absolute atomic E-state index is 0.0158. The number of carbonyl (C=O) groups excluding carboxylic acids is 7. The Bertz CT molecular complexity index is 3080. The highest BCUT2D eigenvalue weighted by atomic mass is 32.1. The second-order valence-electron chi connectivity index (χ2n) is 23.2. The van der Waals surface area contributed by atoms with Gasteiger partial charge in [-0.25, -0.2) is 0 Å². The fraction of sp³-hybridized carbons (Fsp3) is 0.557. The number of hydrogen-bond acceptors (Lipinski definition) is 23. The van der Waals surface area contributed by atoms with Gasteiger partial charge in [0.05, 0.1) is 62.5 Å². The third-order valence-corrected chi connectivity index (χ3v) is 17.2. The second kappa shape index (κ2) is 33.7. The zero-order valence-corrected chi connectivity index (χ0v) is 51.6. The molecule has 3 aliphatic rings. The summed E-state index contributed by atoms with van der Waals surface area (Å²) in [7, 11) is 1.70. The van der Waals surface area contributed by atoms with E-state index >= 15 is 0 Å². The molecule has 3 fully saturated rings. The largest absolute Gasteiger partial charge is 0.504 e. The highest BCUT2D eigenvalue weighted by Gasteiger charge is 2.50. The average molecular weight is 1290 g/mol. The third-order valence-electron chi connectivity index (χ3n) is 16.2. The molecule has 0 bridgehead atoms. The summed E-state index contributed by atoms with van der Waals surface area (Å²) in [6, 6.07) is 4.82. The molecule has 30 heteroatoms. The molecule has 3 saturated heterocycles. The standard InChI is InChI=1S/C61H84N10O19S/c1-32-28-71-51(52(32)81)57(86)63-27-39(75)25-42(64-53(82)35-10-12-36(13-11-35)58-68-69-59(91-58)37-14-16-41(17-15-37)90-22-8-6-4-5-7-21-89-3)54(83)65-48(33(2)74)60(87)70-29-40(76)26-43(70)55(84)66-49(47(80)24-34-9-18-44(77)46(79)23-34)56(85)67-50(61(71)88)45(78)19-20-62-38(30-72)31-73/h9-18,23,32-33,38-40,42-43,45,47-52,62,72-81H,4-8,19-22,24-31H2,1-3H3,(H,63,86)(H,64,82)(H,65,83)(H,66,84)(H,67,85)/t32-,33+,39+,40+,42-,43-,45+,47+,48-,49-,50-,51-,52-/m0/s1. The quantitative estimate of drug-likeness (QED) is 0.0256. The Balaban J connectivity index is 1.15. The molecule has 4 heterocycles. The van der Waals surface area contributed by atoms with Crippen LogP contribution in [0.15, 0.2) is 66.7 Å². The number of phenolic OH excluding ortho intramolecular Hbond substituents is 2. The van der Waals surface area contributed by atoms with E-state index in [2.05, 4.69) is 42.1 Å². The van der Waals surface area contributed by atoms with E-state index in [0.717, 1.165) is 78.9 Å². The molecule has 3 aliphatic heterocycles. The van der Waals surface area contributed by atoms with Gasteiger partial charge in [0.25, 0.3) is 5.91 Å². The summed E-state index contributed by atoms with van der Waals surface area (Å²) in [5.41, 5.74) is 1.51. The third kappa shape index (κ3) is 19.1. The number of aliphatic hydroxyl groups is 8. The molecule has 7 rings (SSSR count). The average Bonchev–Trinajstić information content (AvgIpc) is 1.76. The van der Waals surface area contributed by atoms with Crippen LogP contribution in [0, 0.1) is 5.92 Å². The van der Waals surface area contributed by atoms with Crippen molar-refractivity contribution in [2.45, 2.75) is 151 Å². The fourth-order valence-corrected chi connectivity index (χ4v) is 11.8. The molecular weight excluding hydrogens is 1210 g/mol. The van der Waals surface area contributed by atoms with Crippen LogP contribution in [0.3, 0.4) is 0 Å². The molecule has 1 aromatic heterocycles. The van der Waals surface area contributed by atoms with Crippen molar-refractivity contribution in [3.05, 3.63) is 77.9 Å². The minimum atomic E-state index is -2.12. The highest BCUT2D eigenvalue weighted by molar-refractivity contribution is 7.17. The van der Waals surface area contributed by atoms with E-state index < -0.39 is 183 Å². The van der Waals surface area contributed by atoms with Gasteiger partial charge in [0.1, 0.15) is 52.0 Å². The fourth-order valence-electron chi connectivity index (χ4n) is 11.0. The van der Waals surface area contributed by atoms with Gasteiger partial charge in [-0.1, -0.05) is 55.7 Å². The molecule has 3 aromatic carbocycles. The summed E-state index contributed by atoms with van der Waals surface area (Å²) in [5, 5.41) is 133. The van der Waals surface area contributed by atoms with Crippen molar-refractivity contribution in [3.8, 4) is 38.4 Å². The van der Waals surface area contributed by atoms with Gasteiger partial charge in [-0.15, -0.1) is 10.2 Å². The molecular formula is C61H84N10O19S. The van der Waals surface area contributed by atoms with Gasteiger partial charge in [0.15, 0.2) is 11.5 Å². The predicted octanol–water partition coefficient (Wildman–Crippen LogP) is -2.46. The number of amides is 7. The molecule has 498 valence electrons. The van der Waals surface area contributed by atoms with Crippen molar-refractivity contribution in [2.75, 3.05) is 59.7 Å². The number of aromatic hydroxyl groups is 2. The van der Waals surface area contributed by atoms with Crippen LogP contribution in [0.5, 0.6) is 17.2 Å². The maximum absolute atomic E-state index is 14.9. The summed E-state index contributed by atoms with van der Waals surface area (Å²) in [5.74, 6) is -9.13. The van der Waals surface area contributed by atoms with Crippen LogP contribution in [0.2, 0.25) is 0 Å². The van der Waals surface area contributed by atoms with E-state index in [1.54, 1.807) is 19.2 Å². The molecule has 0 radical (unpaired) electrons. The molecule has 7 amide bonds. The molecule has 16 N–H and O–H groups in total. The number of aliphatic hydroxyl groups excluding tert-OH is 8. The van der Waals surface area contributed by atoms with E-state index in [1.165, 1.54) is 36.5 Å². The summed E-state index contributed by atoms with van der Waals surface area (Å²) in [6.45, 7) is 1.13. The van der Waals surface area contributed by atoms with Gasteiger partial charge < -0.3 is 102 Å². The molecule has 29 nitrogen and oxygen atoms in total. The van der Waals surface area contributed by atoms with Gasteiger partial charge in [-0.2, -0.15) is 0 Å². The van der Waals surface area contributed by atoms with Crippen molar-refractivity contribution >= 4 is 52.7 Å². The number of carbonyl (C=O) groups is 7. The lowest BCUT2D eigenvalue weighted by Gasteiger charge is -2.34. The Morgan fingerprint density at radius 1 is 0.703 bits per heavy atom. The van der Waals surface area contributed by atoms with Crippen LogP contribution in [0.25, 0.3) is 21.1 Å². The van der Waals surface area contributed by atoms with Gasteiger partial charge in [0, 0.05) is 75.2 Å². The monoisotopic (exact) mass is 1290 g/mol. The lowest BCUT2D eigenvalue weighted by molar-refractivity contribution is -0.147. The topological polar surface area (TPSA) is 445 Å². The molecule has 4 aromatic rings. The van der Waals surface area contributed by atoms with Crippen molar-refractivity contribution in [1.29, 1.82) is 0 Å². The molecule has 91 heavy (non-hydrogen) atoms. The number of hydrogen-bond donors (Lipinski definition) is 16. The zero-order valence-electron chi connectivity index (χ0n) is 50.8. The van der Waals surface area contributed by atoms with Crippen molar-refractivity contribution in [2.24, 2.45) is 5.92 Å². The minimum Gasteiger partial charge on any atom is -0.504 e. The van der Waals surface area contributed by atoms with Crippen LogP contribution < -0.4 is 36.6 Å². The van der Waals surface area contributed by atoms with E-state index in [0.29, 0.717) is 22.2 Å². The van der Waals surface area contributed by atoms with Crippen LogP contribution in [-0.4, -0.2) is 251 Å². The smallest absolute Gasteiger partial charge is 0.251 e. The Morgan fingerprint density at radius 3 is 1.96 bits per heavy atom. The number of rotatable bonds is 24. The highest BCUT2D eigenvalue weighted by Crippen LogP contribution is 2.32. The van der Waals surface area contributed by atoms with E-state index in [4.69, 9.17) is 9.47 Å². The summed E-state index contributed by atoms with van der Waals surface area (Å²) < 4.78 is 11.0. The van der Waals surface area contributed by atoms with Crippen molar-refractivity contribution < 1.29 is 94.1 Å². The lowest BCUT2D eigenvalue weighted by atomic mass is 9.98. The zero-order chi connectivity index (χ0) is 66.1. The SMILES string of the molecule is COCCCCCCCOc1ccc(-c2nnc(-c3ccc(C(=O)N[C@H]4C[C@@H](O)CNC(=O)[C@@H]5[C@@H](O)[C@@H](C)CN5C(=O)[C@H]([C@H](O)CCNC(CO)CO)NC(=O)[C@H]([C@H](O)Cc5ccc(O)c(O)c5)NC(=O)[C@@H]5C[C@@H](O)CN5C(=O)[C@H]([C@@H](C)O)NC4=O)cc3)s2)cc1. The molecule has 0 saturated carbocycles. The Morgan fingerprint density at radius 2 is 1.32 bits per heavy atom. The summed E-state index contributed by atoms with van der Waals surface area (Å²) >= 11 is 1.30. The van der Waals surface area contributed by atoms with E-state index in [-0.39, 0.29) is 30.6 Å². The Kier molecular flexibility index (Phi) is 26.3. The number of phenols is 2. The Hall–Kier alpha value is -7.49. The van der Waals surface area contributed by atoms with E-state index in [1.807, 2.05) is 24.3 Å². The first-order valence-corrected chi connectivity index (χ1v) is 31.1. The lowest BCUT2D eigenvalue weighted by Crippen LogP contribution is -2.64. The van der Waals surface area contributed by atoms with Crippen LogP contribution in [0.1, 0.15) is 81.1 Å². The maximum atomic E-state index is 14.9. The van der Waals surface area contributed by atoms with Gasteiger partial charge in [0.2, 0.25) is 35.4 Å². The predicted molar refractivity (Wildman–Crippen MR) is 326 cm³/mol. The number of aromatic nitrogens is 2. The summed E-state index contributed by atoms with van der Waals surface area (Å²) in [4.78, 5) is 103. The number of fused-ring (bicyclic) bond motifs is 2. The van der Waals surface area contributed by atoms with Gasteiger partial charge in [-0.3, -0.25) is 33.6 Å². The maximum Gasteiger partial charge on any atom is 0.251 e. The molecule has 0 unspecified atom stereocenters. The number of methoxy groups -OCH3 is 1. The first-order valence-electron chi connectivity index (χ1n) is 30.3.